The van der Waals surface area contributed by atoms with E-state index in [-0.39, 0.29) is 5.91 Å². The summed E-state index contributed by atoms with van der Waals surface area (Å²) in [5, 5.41) is 4.11. The second-order valence-electron chi connectivity index (χ2n) is 5.47. The molecule has 0 heterocycles. The number of carbonyl (C=O) groups excluding carboxylic acids is 1. The maximum Gasteiger partial charge on any atom is 0.225 e. The molecule has 0 fully saturated rings. The van der Waals surface area contributed by atoms with E-state index >= 15 is 0 Å². The van der Waals surface area contributed by atoms with Crippen LogP contribution < -0.4 is 10.1 Å². The molecule has 0 bridgehead atoms. The zero-order chi connectivity index (χ0) is 17.5. The van der Waals surface area contributed by atoms with Crippen LogP contribution in [0.3, 0.4) is 0 Å². The smallest absolute Gasteiger partial charge is 0.225 e. The van der Waals surface area contributed by atoms with Gasteiger partial charge in [0.15, 0.2) is 0 Å². The van der Waals surface area contributed by atoms with Gasteiger partial charge in [0, 0.05) is 29.6 Å². The van der Waals surface area contributed by atoms with E-state index in [0.717, 1.165) is 5.56 Å². The van der Waals surface area contributed by atoms with Crippen molar-refractivity contribution in [3.8, 4) is 5.75 Å². The first-order valence-electron chi connectivity index (χ1n) is 7.55. The summed E-state index contributed by atoms with van der Waals surface area (Å²) < 4.78 is 5.22. The van der Waals surface area contributed by atoms with E-state index in [2.05, 4.69) is 5.32 Å². The van der Waals surface area contributed by atoms with Crippen LogP contribution in [0.2, 0.25) is 10.0 Å². The molecule has 0 aliphatic carbocycles. The molecule has 1 N–H and O–H groups in total. The Morgan fingerprint density at radius 3 is 2.67 bits per heavy atom. The van der Waals surface area contributed by atoms with Crippen LogP contribution >= 0.6 is 23.2 Å². The van der Waals surface area contributed by atoms with E-state index in [1.165, 1.54) is 0 Å². The van der Waals surface area contributed by atoms with Crippen LogP contribution in [0, 0.1) is 0 Å². The third kappa shape index (κ3) is 5.41. The van der Waals surface area contributed by atoms with Crippen LogP contribution in [0.5, 0.6) is 5.75 Å². The third-order valence-electron chi connectivity index (χ3n) is 3.56. The van der Waals surface area contributed by atoms with Gasteiger partial charge in [0.05, 0.1) is 12.8 Å². The van der Waals surface area contributed by atoms with Gasteiger partial charge in [-0.3, -0.25) is 4.79 Å². The highest BCUT2D eigenvalue weighted by molar-refractivity contribution is 6.35. The fourth-order valence-electron chi connectivity index (χ4n) is 2.27. The highest BCUT2D eigenvalue weighted by Gasteiger charge is 2.10. The third-order valence-corrected chi connectivity index (χ3v) is 4.14. The number of hydrogen-bond acceptors (Lipinski definition) is 3. The van der Waals surface area contributed by atoms with Crippen LogP contribution in [0.15, 0.2) is 42.5 Å². The molecule has 2 aromatic carbocycles. The molecule has 0 aliphatic heterocycles. The zero-order valence-corrected chi connectivity index (χ0v) is 15.2. The molecular formula is C18H20Cl2N2O2. The van der Waals surface area contributed by atoms with Crippen molar-refractivity contribution in [3.63, 3.8) is 0 Å². The second kappa shape index (κ2) is 8.92. The molecule has 0 unspecified atom stereocenters. The molecule has 0 atom stereocenters. The van der Waals surface area contributed by atoms with Gasteiger partial charge < -0.3 is 15.0 Å². The summed E-state index contributed by atoms with van der Waals surface area (Å²) in [4.78, 5) is 14.2. The van der Waals surface area contributed by atoms with Gasteiger partial charge in [-0.2, -0.15) is 0 Å². The molecule has 0 saturated heterocycles. The van der Waals surface area contributed by atoms with E-state index in [9.17, 15) is 4.79 Å². The predicted octanol–water partition coefficient (Wildman–Crippen LogP) is 4.46. The largest absolute Gasteiger partial charge is 0.495 e. The van der Waals surface area contributed by atoms with Crippen LogP contribution in [0.1, 0.15) is 12.0 Å². The highest BCUT2D eigenvalue weighted by Crippen LogP contribution is 2.24. The molecule has 0 spiro atoms. The van der Waals surface area contributed by atoms with E-state index < -0.39 is 0 Å². The van der Waals surface area contributed by atoms with Crippen LogP contribution in [0.4, 0.5) is 5.69 Å². The van der Waals surface area contributed by atoms with Gasteiger partial charge in [-0.15, -0.1) is 0 Å². The average molecular weight is 367 g/mol. The monoisotopic (exact) mass is 366 g/mol. The van der Waals surface area contributed by atoms with Crippen molar-refractivity contribution in [1.29, 1.82) is 0 Å². The minimum absolute atomic E-state index is 0.0615. The Hall–Kier alpha value is -1.75. The van der Waals surface area contributed by atoms with Crippen molar-refractivity contribution < 1.29 is 9.53 Å². The van der Waals surface area contributed by atoms with Crippen molar-refractivity contribution in [3.05, 3.63) is 58.1 Å². The lowest BCUT2D eigenvalue weighted by Gasteiger charge is -2.17. The molecule has 24 heavy (non-hydrogen) atoms. The van der Waals surface area contributed by atoms with E-state index in [1.807, 2.05) is 48.3 Å². The standard InChI is InChI=1S/C18H20Cl2N2O2/c1-22(12-13-7-8-14(19)11-15(13)20)10-9-18(23)21-16-5-3-4-6-17(16)24-2/h3-8,11H,9-10,12H2,1-2H3,(H,21,23). The molecule has 0 saturated carbocycles. The molecule has 6 heteroatoms. The van der Waals surface area contributed by atoms with Gasteiger partial charge in [0.2, 0.25) is 5.91 Å². The maximum atomic E-state index is 12.1. The number of benzene rings is 2. The summed E-state index contributed by atoms with van der Waals surface area (Å²) in [7, 11) is 3.52. The number of methoxy groups -OCH3 is 1. The SMILES string of the molecule is COc1ccccc1NC(=O)CCN(C)Cc1ccc(Cl)cc1Cl. The van der Waals surface area contributed by atoms with Gasteiger partial charge in [-0.05, 0) is 36.9 Å². The Kier molecular flexibility index (Phi) is 6.91. The summed E-state index contributed by atoms with van der Waals surface area (Å²) >= 11 is 12.1. The van der Waals surface area contributed by atoms with Crippen LogP contribution in [0.25, 0.3) is 0 Å². The molecular weight excluding hydrogens is 347 g/mol. The Balaban J connectivity index is 1.84. The quantitative estimate of drug-likeness (QED) is 0.786. The van der Waals surface area contributed by atoms with Gasteiger partial charge in [0.25, 0.3) is 0 Å². The maximum absolute atomic E-state index is 12.1. The minimum Gasteiger partial charge on any atom is -0.495 e. The number of nitrogens with one attached hydrogen (secondary N) is 1. The molecule has 0 radical (unpaired) electrons. The fourth-order valence-corrected chi connectivity index (χ4v) is 2.74. The summed E-state index contributed by atoms with van der Waals surface area (Å²) in [5.74, 6) is 0.584. The number of nitrogens with zero attached hydrogens (tertiary/aromatic N) is 1. The number of anilines is 1. The number of hydrogen-bond donors (Lipinski definition) is 1. The van der Waals surface area contributed by atoms with Gasteiger partial charge >= 0.3 is 0 Å². The number of amides is 1. The van der Waals surface area contributed by atoms with Crippen molar-refractivity contribution >= 4 is 34.8 Å². The lowest BCUT2D eigenvalue weighted by atomic mass is 10.2. The Labute approximate surface area is 152 Å². The highest BCUT2D eigenvalue weighted by atomic mass is 35.5. The molecule has 0 aromatic heterocycles. The number of rotatable bonds is 7. The van der Waals surface area contributed by atoms with E-state index in [1.54, 1.807) is 13.2 Å². The van der Waals surface area contributed by atoms with Crippen LogP contribution in [-0.2, 0) is 11.3 Å². The molecule has 0 aliphatic rings. The van der Waals surface area contributed by atoms with Crippen molar-refractivity contribution in [2.45, 2.75) is 13.0 Å². The summed E-state index contributed by atoms with van der Waals surface area (Å²) in [5.41, 5.74) is 1.65. The first-order valence-corrected chi connectivity index (χ1v) is 8.30. The normalized spacial score (nSPS) is 10.7. The Bertz CT molecular complexity index is 707. The summed E-state index contributed by atoms with van der Waals surface area (Å²) in [6.45, 7) is 1.26. The Morgan fingerprint density at radius 2 is 1.96 bits per heavy atom. The fraction of sp³-hybridized carbons (Fsp3) is 0.278. The van der Waals surface area contributed by atoms with E-state index in [0.29, 0.717) is 41.0 Å². The minimum atomic E-state index is -0.0615. The van der Waals surface area contributed by atoms with Gasteiger partial charge in [0.1, 0.15) is 5.75 Å². The molecule has 2 aromatic rings. The van der Waals surface area contributed by atoms with E-state index in [4.69, 9.17) is 27.9 Å². The number of para-hydroxylation sites is 2. The number of halogens is 2. The lowest BCUT2D eigenvalue weighted by molar-refractivity contribution is -0.116. The molecule has 2 rings (SSSR count). The predicted molar refractivity (Wildman–Crippen MR) is 99.0 cm³/mol. The second-order valence-corrected chi connectivity index (χ2v) is 6.32. The van der Waals surface area contributed by atoms with Crippen molar-refractivity contribution in [2.75, 3.05) is 26.0 Å². The van der Waals surface area contributed by atoms with Gasteiger partial charge in [-0.1, -0.05) is 41.4 Å². The topological polar surface area (TPSA) is 41.6 Å². The van der Waals surface area contributed by atoms with Gasteiger partial charge in [-0.25, -0.2) is 0 Å². The summed E-state index contributed by atoms with van der Waals surface area (Å²) in [6, 6.07) is 12.8. The average Bonchev–Trinajstić information content (AvgIpc) is 2.56. The summed E-state index contributed by atoms with van der Waals surface area (Å²) in [6.07, 6.45) is 0.375. The zero-order valence-electron chi connectivity index (χ0n) is 13.7. The van der Waals surface area contributed by atoms with Crippen LogP contribution in [-0.4, -0.2) is 31.5 Å². The first kappa shape index (κ1) is 18.6. The van der Waals surface area contributed by atoms with Crippen molar-refractivity contribution in [2.24, 2.45) is 0 Å². The Morgan fingerprint density at radius 1 is 1.21 bits per heavy atom. The van der Waals surface area contributed by atoms with Crippen molar-refractivity contribution in [1.82, 2.24) is 4.90 Å². The molecule has 4 nitrogen and oxygen atoms in total. The lowest BCUT2D eigenvalue weighted by Crippen LogP contribution is -2.24. The number of carbonyl (C=O) groups is 1. The first-order chi connectivity index (χ1) is 11.5. The number of ether oxygens (including phenoxy) is 1. The molecule has 1 amide bonds. The molecule has 128 valence electrons.